The second-order valence-corrected chi connectivity index (χ2v) is 7.57. The first-order chi connectivity index (χ1) is 9.34. The fourth-order valence-electron chi connectivity index (χ4n) is 2.49. The van der Waals surface area contributed by atoms with Gasteiger partial charge < -0.3 is 0 Å². The third-order valence-electron chi connectivity index (χ3n) is 4.09. The van der Waals surface area contributed by atoms with Gasteiger partial charge in [-0.25, -0.2) is 13.1 Å². The minimum absolute atomic E-state index is 0.339. The summed E-state index contributed by atoms with van der Waals surface area (Å²) in [5.41, 5.74) is 1.58. The molecule has 0 saturated heterocycles. The van der Waals surface area contributed by atoms with Gasteiger partial charge in [-0.15, -0.1) is 0 Å². The van der Waals surface area contributed by atoms with Gasteiger partial charge >= 0.3 is 0 Å². The molecule has 1 N–H and O–H groups in total. The fourth-order valence-corrected chi connectivity index (χ4v) is 4.01. The summed E-state index contributed by atoms with van der Waals surface area (Å²) in [5, 5.41) is 9.40. The normalized spacial score (nSPS) is 26.6. The second kappa shape index (κ2) is 6.55. The number of hydrogen-bond acceptors (Lipinski definition) is 3. The predicted molar refractivity (Wildman–Crippen MR) is 81.5 cm³/mol. The molecule has 0 bridgehead atoms. The van der Waals surface area contributed by atoms with Crippen molar-refractivity contribution in [1.29, 1.82) is 5.26 Å². The Morgan fingerprint density at radius 2 is 2.10 bits per heavy atom. The molecule has 1 rings (SSSR count). The maximum absolute atomic E-state index is 12.4. The van der Waals surface area contributed by atoms with Crippen LogP contribution in [-0.4, -0.2) is 19.7 Å². The Morgan fingerprint density at radius 3 is 2.60 bits per heavy atom. The van der Waals surface area contributed by atoms with Gasteiger partial charge in [0.15, 0.2) is 0 Å². The molecule has 0 saturated carbocycles. The number of hydrogen-bond donors (Lipinski definition) is 1. The molecule has 20 heavy (non-hydrogen) atoms. The molecule has 0 aromatic heterocycles. The molecule has 4 nitrogen and oxygen atoms in total. The molecule has 5 heteroatoms. The minimum Gasteiger partial charge on any atom is -0.215 e. The van der Waals surface area contributed by atoms with Crippen LogP contribution in [0.3, 0.4) is 0 Å². The van der Waals surface area contributed by atoms with E-state index in [2.05, 4.69) is 17.7 Å². The van der Waals surface area contributed by atoms with Crippen molar-refractivity contribution in [2.75, 3.05) is 6.54 Å². The molecule has 0 aromatic rings. The number of nitriles is 1. The molecule has 0 heterocycles. The summed E-state index contributed by atoms with van der Waals surface area (Å²) in [6.07, 6.45) is 6.45. The first-order valence-electron chi connectivity index (χ1n) is 7.15. The van der Waals surface area contributed by atoms with E-state index in [1.807, 2.05) is 13.0 Å². The highest BCUT2D eigenvalue weighted by atomic mass is 32.2. The summed E-state index contributed by atoms with van der Waals surface area (Å²) in [5.74, 6) is -0.339. The SMILES string of the molecule is CCCCC1=C(C#N)C(C)C(C)(S(=O)(=O)NCC)C=C1. The van der Waals surface area contributed by atoms with Crippen molar-refractivity contribution in [3.8, 4) is 6.07 Å². The topological polar surface area (TPSA) is 70.0 Å². The van der Waals surface area contributed by atoms with Gasteiger partial charge in [-0.1, -0.05) is 39.3 Å². The van der Waals surface area contributed by atoms with E-state index in [0.717, 1.165) is 24.8 Å². The van der Waals surface area contributed by atoms with E-state index in [9.17, 15) is 13.7 Å². The van der Waals surface area contributed by atoms with Crippen LogP contribution in [0.15, 0.2) is 23.3 Å². The number of nitrogens with zero attached hydrogens (tertiary/aromatic N) is 1. The Bertz CT molecular complexity index is 555. The van der Waals surface area contributed by atoms with Gasteiger partial charge in [0.25, 0.3) is 0 Å². The van der Waals surface area contributed by atoms with Crippen molar-refractivity contribution < 1.29 is 8.42 Å². The molecule has 1 aliphatic rings. The van der Waals surface area contributed by atoms with Crippen molar-refractivity contribution in [1.82, 2.24) is 4.72 Å². The largest absolute Gasteiger partial charge is 0.221 e. The monoisotopic (exact) mass is 296 g/mol. The summed E-state index contributed by atoms with van der Waals surface area (Å²) >= 11 is 0. The molecule has 0 radical (unpaired) electrons. The van der Waals surface area contributed by atoms with Gasteiger partial charge in [0.2, 0.25) is 10.0 Å². The Morgan fingerprint density at radius 1 is 1.45 bits per heavy atom. The highest BCUT2D eigenvalue weighted by Gasteiger charge is 2.45. The first kappa shape index (κ1) is 16.9. The number of allylic oxidation sites excluding steroid dienone is 3. The highest BCUT2D eigenvalue weighted by molar-refractivity contribution is 7.91. The summed E-state index contributed by atoms with van der Waals surface area (Å²) in [4.78, 5) is 0. The van der Waals surface area contributed by atoms with Crippen LogP contribution in [0.5, 0.6) is 0 Å². The number of rotatable bonds is 6. The molecule has 112 valence electrons. The molecule has 0 fully saturated rings. The molecular weight excluding hydrogens is 272 g/mol. The van der Waals surface area contributed by atoms with Crippen molar-refractivity contribution in [2.24, 2.45) is 5.92 Å². The van der Waals surface area contributed by atoms with Crippen LogP contribution >= 0.6 is 0 Å². The lowest BCUT2D eigenvalue weighted by atomic mass is 9.80. The average molecular weight is 296 g/mol. The maximum atomic E-state index is 12.4. The molecule has 0 spiro atoms. The van der Waals surface area contributed by atoms with Crippen LogP contribution in [0.25, 0.3) is 0 Å². The van der Waals surface area contributed by atoms with E-state index >= 15 is 0 Å². The Labute approximate surface area is 122 Å². The molecule has 0 amide bonds. The van der Waals surface area contributed by atoms with Crippen molar-refractivity contribution in [3.05, 3.63) is 23.3 Å². The molecule has 0 aromatic carbocycles. The molecule has 2 atom stereocenters. The predicted octanol–water partition coefficient (Wildman–Crippen LogP) is 2.90. The van der Waals surface area contributed by atoms with Gasteiger partial charge in [-0.2, -0.15) is 5.26 Å². The van der Waals surface area contributed by atoms with Gasteiger partial charge in [-0.3, -0.25) is 0 Å². The van der Waals surface area contributed by atoms with Crippen LogP contribution in [0.4, 0.5) is 0 Å². The van der Waals surface area contributed by atoms with Gasteiger partial charge in [-0.05, 0) is 25.3 Å². The lowest BCUT2D eigenvalue weighted by Gasteiger charge is -2.35. The van der Waals surface area contributed by atoms with Crippen molar-refractivity contribution in [3.63, 3.8) is 0 Å². The minimum atomic E-state index is -3.49. The number of sulfonamides is 1. The zero-order valence-corrected chi connectivity index (χ0v) is 13.5. The Balaban J connectivity index is 3.20. The van der Waals surface area contributed by atoms with Gasteiger partial charge in [0.1, 0.15) is 4.75 Å². The van der Waals surface area contributed by atoms with Crippen LogP contribution in [0.1, 0.15) is 47.0 Å². The summed E-state index contributed by atoms with van der Waals surface area (Å²) in [6.45, 7) is 7.71. The van der Waals surface area contributed by atoms with Crippen LogP contribution < -0.4 is 4.72 Å². The molecule has 2 unspecified atom stereocenters. The molecular formula is C15H24N2O2S. The molecule has 1 aliphatic carbocycles. The zero-order chi connectivity index (χ0) is 15.4. The zero-order valence-electron chi connectivity index (χ0n) is 12.7. The lowest BCUT2D eigenvalue weighted by Crippen LogP contribution is -2.48. The quantitative estimate of drug-likeness (QED) is 0.819. The van der Waals surface area contributed by atoms with E-state index in [-0.39, 0.29) is 5.92 Å². The van der Waals surface area contributed by atoms with Crippen molar-refractivity contribution in [2.45, 2.75) is 51.7 Å². The Hall–Kier alpha value is -1.12. The van der Waals surface area contributed by atoms with Crippen molar-refractivity contribution >= 4 is 10.0 Å². The first-order valence-corrected chi connectivity index (χ1v) is 8.64. The summed E-state index contributed by atoms with van der Waals surface area (Å²) < 4.78 is 26.3. The molecule has 0 aliphatic heterocycles. The summed E-state index contributed by atoms with van der Waals surface area (Å²) in [7, 11) is -3.49. The van der Waals surface area contributed by atoms with Gasteiger partial charge in [0, 0.05) is 18.0 Å². The highest BCUT2D eigenvalue weighted by Crippen LogP contribution is 2.39. The van der Waals surface area contributed by atoms with E-state index in [1.165, 1.54) is 0 Å². The lowest BCUT2D eigenvalue weighted by molar-refractivity contribution is 0.492. The number of unbranched alkanes of at least 4 members (excludes halogenated alkanes) is 1. The summed E-state index contributed by atoms with van der Waals surface area (Å²) in [6, 6.07) is 2.22. The smallest absolute Gasteiger partial charge is 0.215 e. The van der Waals surface area contributed by atoms with Gasteiger partial charge in [0.05, 0.1) is 6.07 Å². The van der Waals surface area contributed by atoms with Crippen LogP contribution in [0, 0.1) is 17.2 Å². The third kappa shape index (κ3) is 2.97. The van der Waals surface area contributed by atoms with E-state index in [0.29, 0.717) is 12.1 Å². The van der Waals surface area contributed by atoms with E-state index in [4.69, 9.17) is 0 Å². The maximum Gasteiger partial charge on any atom is 0.221 e. The second-order valence-electron chi connectivity index (χ2n) is 5.39. The van der Waals surface area contributed by atoms with E-state index in [1.54, 1.807) is 19.9 Å². The van der Waals surface area contributed by atoms with Crippen LogP contribution in [-0.2, 0) is 10.0 Å². The standard InChI is InChI=1S/C15H24N2O2S/c1-5-7-8-13-9-10-15(4,12(3)14(13)11-16)20(18,19)17-6-2/h9-10,12,17H,5-8H2,1-4H3. The van der Waals surface area contributed by atoms with Crippen LogP contribution in [0.2, 0.25) is 0 Å². The van der Waals surface area contributed by atoms with E-state index < -0.39 is 14.8 Å². The third-order valence-corrected chi connectivity index (χ3v) is 6.40. The average Bonchev–Trinajstić information content (AvgIpc) is 2.40. The number of nitrogens with one attached hydrogen (secondary N) is 1. The Kier molecular flexibility index (Phi) is 5.55. The fraction of sp³-hybridized carbons (Fsp3) is 0.667.